The summed E-state index contributed by atoms with van der Waals surface area (Å²) in [4.78, 5) is 0. The lowest BCUT2D eigenvalue weighted by molar-refractivity contribution is -0.890. The summed E-state index contributed by atoms with van der Waals surface area (Å²) in [5, 5.41) is 25.2. The van der Waals surface area contributed by atoms with Gasteiger partial charge < -0.3 is 28.5 Å². The molecule has 0 aromatic heterocycles. The second kappa shape index (κ2) is 56.5. The highest BCUT2D eigenvalue weighted by atomic mass is 16.5. The Morgan fingerprint density at radius 3 is 0.514 bits per heavy atom. The van der Waals surface area contributed by atoms with Crippen molar-refractivity contribution in [2.24, 2.45) is 17.8 Å². The Hall–Kier alpha value is -0.175. The van der Waals surface area contributed by atoms with E-state index in [1.165, 1.54) is 303 Å². The predicted molar refractivity (Wildman–Crippen MR) is 313 cm³/mol. The first-order chi connectivity index (χ1) is 33.2. The van der Waals surface area contributed by atoms with E-state index in [1.807, 2.05) is 0 Å². The number of nitrogens with zero attached hydrogens (tertiary/aromatic N) is 3. The van der Waals surface area contributed by atoms with E-state index in [0.717, 1.165) is 17.8 Å². The molecule has 0 aromatic carbocycles. The van der Waals surface area contributed by atoms with Crippen LogP contribution in [0.5, 0.6) is 0 Å². The van der Waals surface area contributed by atoms with Crippen molar-refractivity contribution in [2.45, 2.75) is 313 Å². The third kappa shape index (κ3) is 76.7. The lowest BCUT2D eigenvalue weighted by Gasteiger charge is -2.35. The smallest absolute Gasteiger partial charge is 0.0782 e. The Labute approximate surface area is 446 Å². The summed E-state index contributed by atoms with van der Waals surface area (Å²) in [6.45, 7) is 29.2. The fourth-order valence-corrected chi connectivity index (χ4v) is 9.69. The maximum atomic E-state index is 8.42. The first kappa shape index (κ1) is 76.3. The molecule has 0 saturated heterocycles. The Balaban J connectivity index is -0.000000448. The molecule has 0 spiro atoms. The molecule has 0 aliphatic rings. The highest BCUT2D eigenvalue weighted by Crippen LogP contribution is 2.17. The van der Waals surface area contributed by atoms with Gasteiger partial charge in [0.1, 0.15) is 0 Å². The van der Waals surface area contributed by atoms with Crippen LogP contribution in [0.2, 0.25) is 0 Å². The summed E-state index contributed by atoms with van der Waals surface area (Å²) in [5.74, 6) is 2.65. The zero-order chi connectivity index (χ0) is 53.6. The van der Waals surface area contributed by atoms with Crippen molar-refractivity contribution in [2.75, 3.05) is 81.6 Å². The quantitative estimate of drug-likeness (QED) is 0.0346. The number of rotatable bonds is 48. The molecule has 0 heterocycles. The van der Waals surface area contributed by atoms with Crippen LogP contribution in [0, 0.1) is 17.8 Å². The number of hydrogen-bond acceptors (Lipinski definition) is 3. The molecule has 0 unspecified atom stereocenters. The fourth-order valence-electron chi connectivity index (χ4n) is 9.69. The Bertz CT molecular complexity index is 840. The van der Waals surface area contributed by atoms with Crippen LogP contribution in [0.15, 0.2) is 0 Å². The molecule has 426 valence electrons. The second-order valence-corrected chi connectivity index (χ2v) is 25.7. The lowest BCUT2D eigenvalue weighted by Crippen LogP contribution is -2.56. The van der Waals surface area contributed by atoms with Crippen LogP contribution < -0.4 is 15.1 Å². The van der Waals surface area contributed by atoms with Gasteiger partial charge in [-0.3, -0.25) is 7.32 Å². The molecule has 6 nitrogen and oxygen atoms in total. The predicted octanol–water partition coefficient (Wildman–Crippen LogP) is 16.5. The van der Waals surface area contributed by atoms with E-state index in [0.29, 0.717) is 0 Å². The molecule has 0 bridgehead atoms. The maximum Gasteiger partial charge on any atom is 0.0782 e. The molecule has 0 N–H and O–H groups in total. The summed E-state index contributed by atoms with van der Waals surface area (Å²) < 4.78 is 3.71. The molecule has 0 rings (SSSR count). The minimum atomic E-state index is -2.92. The van der Waals surface area contributed by atoms with Crippen LogP contribution >= 0.6 is 0 Å². The molecular weight excluding hydrogens is 858 g/mol. The van der Waals surface area contributed by atoms with E-state index >= 15 is 0 Å². The molecule has 0 fully saturated rings. The first-order valence-electron chi connectivity index (χ1n) is 31.6. The van der Waals surface area contributed by atoms with Crippen molar-refractivity contribution in [3.05, 3.63) is 0 Å². The number of unbranched alkanes of at least 4 members (excludes halogenated alkanes) is 30. The molecule has 0 aromatic rings. The van der Waals surface area contributed by atoms with E-state index < -0.39 is 7.32 Å². The van der Waals surface area contributed by atoms with Crippen LogP contribution in [0.3, 0.4) is 0 Å². The van der Waals surface area contributed by atoms with Crippen molar-refractivity contribution in [1.82, 2.24) is 0 Å². The highest BCUT2D eigenvalue weighted by molar-refractivity contribution is 6.24. The minimum Gasteiger partial charge on any atom is -0.907 e. The zero-order valence-corrected chi connectivity index (χ0v) is 51.7. The Morgan fingerprint density at radius 2 is 0.371 bits per heavy atom. The maximum absolute atomic E-state index is 8.42. The third-order valence-electron chi connectivity index (χ3n) is 14.7. The normalized spacial score (nSPS) is 12.0. The SMILES string of the molecule is CCCCCCCCCC[N+](C)(C)CCCCCCC(C)C.CCCCCCCCCC[N+](C)(C)CCCCCCC(C)C.CCCCCCCCCC[N+](C)(C)CCCCCCC(C)C.[O-]B([O-])[O-]. The topological polar surface area (TPSA) is 69.2 Å². The highest BCUT2D eigenvalue weighted by Gasteiger charge is 2.16. The lowest BCUT2D eigenvalue weighted by atomic mass is 10.0. The van der Waals surface area contributed by atoms with Gasteiger partial charge in [-0.25, -0.2) is 0 Å². The molecule has 0 amide bonds. The van der Waals surface area contributed by atoms with Gasteiger partial charge in [-0.1, -0.05) is 236 Å². The molecular formula is C63H138BN3O3. The standard InChI is InChI=1S/3C21H46N.BO3/c3*1-6-7-8-9-10-11-13-16-19-22(4,5)20-17-14-12-15-18-21(2)3;2-1(3)4/h3*21H,6-20H2,1-5H3;/q3*+1;-3. The van der Waals surface area contributed by atoms with Crippen LogP contribution in [0.25, 0.3) is 0 Å². The van der Waals surface area contributed by atoms with E-state index in [-0.39, 0.29) is 0 Å². The molecule has 0 saturated carbocycles. The second-order valence-electron chi connectivity index (χ2n) is 25.7. The summed E-state index contributed by atoms with van der Waals surface area (Å²) in [6.07, 6.45) is 55.9. The average Bonchev–Trinajstić information content (AvgIpc) is 3.27. The van der Waals surface area contributed by atoms with Crippen molar-refractivity contribution < 1.29 is 28.5 Å². The van der Waals surface area contributed by atoms with E-state index in [4.69, 9.17) is 15.1 Å². The van der Waals surface area contributed by atoms with Crippen molar-refractivity contribution in [1.29, 1.82) is 0 Å². The van der Waals surface area contributed by atoms with Crippen LogP contribution in [-0.2, 0) is 0 Å². The average molecular weight is 997 g/mol. The largest absolute Gasteiger partial charge is 0.907 e. The van der Waals surface area contributed by atoms with Gasteiger partial charge in [0.25, 0.3) is 0 Å². The summed E-state index contributed by atoms with van der Waals surface area (Å²) in [5.41, 5.74) is 0. The summed E-state index contributed by atoms with van der Waals surface area (Å²) in [7, 11) is 11.6. The molecule has 7 heteroatoms. The molecule has 0 radical (unpaired) electrons. The number of quaternary nitrogens is 3. The van der Waals surface area contributed by atoms with Gasteiger partial charge in [-0.05, 0) is 94.8 Å². The molecule has 0 aliphatic carbocycles. The molecule has 0 aliphatic heterocycles. The van der Waals surface area contributed by atoms with Gasteiger partial charge >= 0.3 is 0 Å². The van der Waals surface area contributed by atoms with Gasteiger partial charge in [0, 0.05) is 0 Å². The first-order valence-corrected chi connectivity index (χ1v) is 31.6. The number of hydrogen-bond donors (Lipinski definition) is 0. The third-order valence-corrected chi connectivity index (χ3v) is 14.7. The van der Waals surface area contributed by atoms with E-state index in [9.17, 15) is 0 Å². The van der Waals surface area contributed by atoms with E-state index in [1.54, 1.807) is 0 Å². The Morgan fingerprint density at radius 1 is 0.243 bits per heavy atom. The molecule has 0 atom stereocenters. The van der Waals surface area contributed by atoms with Crippen LogP contribution in [0.1, 0.15) is 313 Å². The van der Waals surface area contributed by atoms with Crippen molar-refractivity contribution >= 4 is 7.32 Å². The van der Waals surface area contributed by atoms with Crippen LogP contribution in [-0.4, -0.2) is 102 Å². The van der Waals surface area contributed by atoms with Crippen molar-refractivity contribution in [3.8, 4) is 0 Å². The van der Waals surface area contributed by atoms with Gasteiger partial charge in [0.05, 0.1) is 81.6 Å². The van der Waals surface area contributed by atoms with Gasteiger partial charge in [0.15, 0.2) is 0 Å². The molecule has 70 heavy (non-hydrogen) atoms. The van der Waals surface area contributed by atoms with Crippen molar-refractivity contribution in [3.63, 3.8) is 0 Å². The Kier molecular flexibility index (Phi) is 61.7. The van der Waals surface area contributed by atoms with E-state index in [2.05, 4.69) is 105 Å². The van der Waals surface area contributed by atoms with Gasteiger partial charge in [-0.15, -0.1) is 0 Å². The minimum absolute atomic E-state index is 0.884. The zero-order valence-electron chi connectivity index (χ0n) is 51.7. The summed E-state index contributed by atoms with van der Waals surface area (Å²) in [6, 6.07) is 0. The van der Waals surface area contributed by atoms with Crippen LogP contribution in [0.4, 0.5) is 0 Å². The van der Waals surface area contributed by atoms with Gasteiger partial charge in [0.2, 0.25) is 0 Å². The summed E-state index contributed by atoms with van der Waals surface area (Å²) >= 11 is 0. The fraction of sp³-hybridized carbons (Fsp3) is 1.00. The monoisotopic (exact) mass is 996 g/mol. The van der Waals surface area contributed by atoms with Gasteiger partial charge in [-0.2, -0.15) is 0 Å².